The summed E-state index contributed by atoms with van der Waals surface area (Å²) in [6, 6.07) is 0. The van der Waals surface area contributed by atoms with E-state index in [2.05, 4.69) is 46.3 Å². The summed E-state index contributed by atoms with van der Waals surface area (Å²) in [7, 11) is 0. The van der Waals surface area contributed by atoms with Gasteiger partial charge in [-0.1, -0.05) is 30.2 Å². The fourth-order valence-electron chi connectivity index (χ4n) is 0.956. The van der Waals surface area contributed by atoms with E-state index in [4.69, 9.17) is 0 Å². The van der Waals surface area contributed by atoms with Crippen LogP contribution in [-0.2, 0) is 0 Å². The molecule has 0 rings (SSSR count). The summed E-state index contributed by atoms with van der Waals surface area (Å²) >= 11 is 0. The third-order valence-electron chi connectivity index (χ3n) is 1.54. The highest BCUT2D eigenvalue weighted by Crippen LogP contribution is 2.06. The fourth-order valence-corrected chi connectivity index (χ4v) is 0.956. The lowest BCUT2D eigenvalue weighted by atomic mass is 10.1. The summed E-state index contributed by atoms with van der Waals surface area (Å²) in [6.45, 7) is 8.53. The Kier molecular flexibility index (Phi) is 5.91. The van der Waals surface area contributed by atoms with Crippen LogP contribution >= 0.6 is 0 Å². The van der Waals surface area contributed by atoms with Gasteiger partial charge in [0.25, 0.3) is 0 Å². The Morgan fingerprint density at radius 2 is 1.82 bits per heavy atom. The molecule has 0 fully saturated rings. The van der Waals surface area contributed by atoms with E-state index in [0.717, 1.165) is 0 Å². The average molecular weight is 151 g/mol. The van der Waals surface area contributed by atoms with E-state index in [9.17, 15) is 0 Å². The van der Waals surface area contributed by atoms with E-state index in [1.54, 1.807) is 0 Å². The van der Waals surface area contributed by atoms with E-state index in [-0.39, 0.29) is 0 Å². The number of allylic oxidation sites excluding steroid dienone is 4. The van der Waals surface area contributed by atoms with E-state index in [1.807, 2.05) is 0 Å². The van der Waals surface area contributed by atoms with Crippen LogP contribution in [0.2, 0.25) is 0 Å². The van der Waals surface area contributed by atoms with Crippen molar-refractivity contribution in [3.63, 3.8) is 0 Å². The van der Waals surface area contributed by atoms with Gasteiger partial charge in [0.15, 0.2) is 0 Å². The lowest BCUT2D eigenvalue weighted by Gasteiger charge is -1.96. The quantitative estimate of drug-likeness (QED) is 0.534. The van der Waals surface area contributed by atoms with Gasteiger partial charge in [-0.3, -0.25) is 0 Å². The van der Waals surface area contributed by atoms with Gasteiger partial charge < -0.3 is 0 Å². The van der Waals surface area contributed by atoms with Gasteiger partial charge >= 0.3 is 0 Å². The van der Waals surface area contributed by atoms with Crippen LogP contribution in [0, 0.1) is 6.42 Å². The van der Waals surface area contributed by atoms with Gasteiger partial charge in [0.1, 0.15) is 0 Å². The summed E-state index contributed by atoms with van der Waals surface area (Å²) in [5.74, 6) is 0. The van der Waals surface area contributed by atoms with Crippen LogP contribution < -0.4 is 0 Å². The Hall–Kier alpha value is -0.520. The molecule has 0 amide bonds. The second-order valence-corrected chi connectivity index (χ2v) is 3.17. The Morgan fingerprint density at radius 1 is 1.18 bits per heavy atom. The molecular weight excluding hydrogens is 132 g/mol. The van der Waals surface area contributed by atoms with Crippen molar-refractivity contribution in [2.45, 2.75) is 40.5 Å². The topological polar surface area (TPSA) is 0 Å². The van der Waals surface area contributed by atoms with Crippen LogP contribution in [-0.4, -0.2) is 0 Å². The first-order valence-electron chi connectivity index (χ1n) is 4.25. The van der Waals surface area contributed by atoms with Crippen molar-refractivity contribution in [1.82, 2.24) is 0 Å². The van der Waals surface area contributed by atoms with Crippen molar-refractivity contribution in [1.29, 1.82) is 0 Å². The molecule has 0 nitrogen and oxygen atoms in total. The zero-order valence-electron chi connectivity index (χ0n) is 8.15. The normalized spacial score (nSPS) is 11.5. The first-order valence-corrected chi connectivity index (χ1v) is 4.25. The van der Waals surface area contributed by atoms with Crippen LogP contribution in [0.5, 0.6) is 0 Å². The lowest BCUT2D eigenvalue weighted by Crippen LogP contribution is -1.76. The van der Waals surface area contributed by atoms with Gasteiger partial charge in [-0.15, -0.1) is 0 Å². The van der Waals surface area contributed by atoms with Crippen LogP contribution in [0.1, 0.15) is 40.5 Å². The predicted octanol–water partition coefficient (Wildman–Crippen LogP) is 3.90. The zero-order valence-corrected chi connectivity index (χ0v) is 8.15. The zero-order chi connectivity index (χ0) is 8.69. The van der Waals surface area contributed by atoms with Gasteiger partial charge in [0.2, 0.25) is 0 Å². The summed E-state index contributed by atoms with van der Waals surface area (Å²) in [6.07, 6.45) is 8.93. The number of hydrogen-bond acceptors (Lipinski definition) is 0. The molecule has 0 aliphatic carbocycles. The molecule has 1 radical (unpaired) electrons. The maximum Gasteiger partial charge on any atom is -0.0199 e. The summed E-state index contributed by atoms with van der Waals surface area (Å²) < 4.78 is 0. The maximum absolute atomic E-state index is 2.28. The minimum Gasteiger partial charge on any atom is -0.0856 e. The van der Waals surface area contributed by atoms with Crippen molar-refractivity contribution in [3.05, 3.63) is 29.7 Å². The molecule has 11 heavy (non-hydrogen) atoms. The van der Waals surface area contributed by atoms with E-state index < -0.39 is 0 Å². The summed E-state index contributed by atoms with van der Waals surface area (Å²) in [5.41, 5.74) is 2.88. The van der Waals surface area contributed by atoms with Crippen molar-refractivity contribution in [2.75, 3.05) is 0 Å². The lowest BCUT2D eigenvalue weighted by molar-refractivity contribution is 0.964. The minimum atomic E-state index is 1.18. The third-order valence-corrected chi connectivity index (χ3v) is 1.54. The first kappa shape index (κ1) is 10.5. The van der Waals surface area contributed by atoms with E-state index in [0.29, 0.717) is 0 Å². The van der Waals surface area contributed by atoms with Crippen molar-refractivity contribution < 1.29 is 0 Å². The van der Waals surface area contributed by atoms with Crippen LogP contribution in [0.25, 0.3) is 0 Å². The molecule has 0 unspecified atom stereocenters. The van der Waals surface area contributed by atoms with Crippen molar-refractivity contribution in [2.24, 2.45) is 0 Å². The molecule has 0 N–H and O–H groups in total. The van der Waals surface area contributed by atoms with Crippen molar-refractivity contribution in [3.8, 4) is 0 Å². The second kappa shape index (κ2) is 6.21. The average Bonchev–Trinajstić information content (AvgIpc) is 1.87. The molecule has 63 valence electrons. The Bertz CT molecular complexity index is 145. The predicted molar refractivity (Wildman–Crippen MR) is 52.4 cm³/mol. The largest absolute Gasteiger partial charge is 0.0856 e. The second-order valence-electron chi connectivity index (χ2n) is 3.17. The highest BCUT2D eigenvalue weighted by atomic mass is 13.9. The van der Waals surface area contributed by atoms with Gasteiger partial charge in [-0.2, -0.15) is 0 Å². The van der Waals surface area contributed by atoms with Crippen LogP contribution in [0.4, 0.5) is 0 Å². The monoisotopic (exact) mass is 151 g/mol. The fraction of sp³-hybridized carbons (Fsp3) is 0.545. The Balaban J connectivity index is 3.54. The van der Waals surface area contributed by atoms with E-state index in [1.165, 1.54) is 24.0 Å². The molecule has 0 aromatic heterocycles. The van der Waals surface area contributed by atoms with Crippen LogP contribution in [0.3, 0.4) is 0 Å². The minimum absolute atomic E-state index is 1.18. The molecule has 0 heterocycles. The molecule has 0 bridgehead atoms. The molecular formula is C11H19. The van der Waals surface area contributed by atoms with Gasteiger partial charge in [0, 0.05) is 0 Å². The molecule has 0 saturated carbocycles. The standard InChI is InChI=1S/C11H19/c1-5-7-11(4)9-6-8-10(2)3/h5,7-8H,6,9H2,1-4H3/b11-7+. The summed E-state index contributed by atoms with van der Waals surface area (Å²) in [4.78, 5) is 0. The Morgan fingerprint density at radius 3 is 2.27 bits per heavy atom. The van der Waals surface area contributed by atoms with Crippen molar-refractivity contribution >= 4 is 0 Å². The van der Waals surface area contributed by atoms with Crippen LogP contribution in [0.15, 0.2) is 23.3 Å². The first-order chi connectivity index (χ1) is 5.16. The molecule has 0 aliphatic rings. The molecule has 0 aromatic carbocycles. The molecule has 0 heteroatoms. The molecule has 0 saturated heterocycles. The highest BCUT2D eigenvalue weighted by Gasteiger charge is 1.86. The maximum atomic E-state index is 2.28. The molecule has 0 aromatic rings. The van der Waals surface area contributed by atoms with Gasteiger partial charge in [0.05, 0.1) is 0 Å². The molecule has 0 aliphatic heterocycles. The number of rotatable bonds is 4. The molecule has 0 atom stereocenters. The van der Waals surface area contributed by atoms with E-state index >= 15 is 0 Å². The van der Waals surface area contributed by atoms with Gasteiger partial charge in [-0.25, -0.2) is 0 Å². The highest BCUT2D eigenvalue weighted by molar-refractivity contribution is 5.06. The third kappa shape index (κ3) is 7.38. The summed E-state index contributed by atoms with van der Waals surface area (Å²) in [5, 5.41) is 0. The smallest absolute Gasteiger partial charge is 0.0199 e. The van der Waals surface area contributed by atoms with Gasteiger partial charge in [-0.05, 0) is 40.0 Å². The SMILES string of the molecule is C[CH]/C=C(\C)CCC=C(C)C. The number of hydrogen-bond donors (Lipinski definition) is 0. The Labute approximate surface area is 71.0 Å². The molecule has 0 spiro atoms.